The van der Waals surface area contributed by atoms with E-state index in [-0.39, 0.29) is 18.8 Å². The molecule has 0 saturated heterocycles. The summed E-state index contributed by atoms with van der Waals surface area (Å²) in [5.74, 6) is -2.07. The first kappa shape index (κ1) is 22.7. The summed E-state index contributed by atoms with van der Waals surface area (Å²) < 4.78 is 35.6. The maximum atomic E-state index is 11.9. The standard InChI is InChI=1S/C11H18F3N3O4.ClH/c1-3-4-7(9(19)20)16-6(2)8(18)17-10(21)15-5-11(12,13)14;/h6-7,16H,3-5H2,1-2H3,(H,19,20)(H2,15,17,18,21);1H. The molecule has 0 saturated carbocycles. The van der Waals surface area contributed by atoms with E-state index < -0.39 is 42.7 Å². The molecule has 0 aromatic heterocycles. The molecule has 0 aliphatic heterocycles. The molecular weight excluding hydrogens is 331 g/mol. The lowest BCUT2D eigenvalue weighted by atomic mass is 10.1. The Bertz CT molecular complexity index is 393. The molecule has 22 heavy (non-hydrogen) atoms. The molecular formula is C11H19ClF3N3O4. The smallest absolute Gasteiger partial charge is 0.405 e. The van der Waals surface area contributed by atoms with Crippen molar-refractivity contribution in [2.45, 2.75) is 44.9 Å². The van der Waals surface area contributed by atoms with Gasteiger partial charge in [-0.1, -0.05) is 13.3 Å². The molecule has 2 unspecified atom stereocenters. The lowest BCUT2D eigenvalue weighted by Gasteiger charge is -2.19. The SMILES string of the molecule is CCCC(NC(C)C(=O)NC(=O)NCC(F)(F)F)C(=O)O.Cl. The van der Waals surface area contributed by atoms with Gasteiger partial charge in [0.25, 0.3) is 0 Å². The van der Waals surface area contributed by atoms with Crippen molar-refractivity contribution >= 4 is 30.3 Å². The number of imide groups is 1. The average molecular weight is 350 g/mol. The second-order valence-corrected chi connectivity index (χ2v) is 4.35. The number of carboxylic acid groups (broad SMARTS) is 1. The van der Waals surface area contributed by atoms with Crippen LogP contribution in [-0.4, -0.2) is 47.8 Å². The highest BCUT2D eigenvalue weighted by Crippen LogP contribution is 2.11. The molecule has 2 atom stereocenters. The van der Waals surface area contributed by atoms with Gasteiger partial charge < -0.3 is 10.4 Å². The maximum Gasteiger partial charge on any atom is 0.405 e. The van der Waals surface area contributed by atoms with Crippen molar-refractivity contribution in [3.8, 4) is 0 Å². The summed E-state index contributed by atoms with van der Waals surface area (Å²) in [6, 6.07) is -3.32. The molecule has 4 N–H and O–H groups in total. The molecule has 0 aliphatic carbocycles. The van der Waals surface area contributed by atoms with Crippen molar-refractivity contribution in [2.75, 3.05) is 6.54 Å². The Balaban J connectivity index is 0. The molecule has 0 radical (unpaired) electrons. The zero-order chi connectivity index (χ0) is 16.6. The zero-order valence-corrected chi connectivity index (χ0v) is 12.8. The van der Waals surface area contributed by atoms with Crippen LogP contribution in [0, 0.1) is 0 Å². The van der Waals surface area contributed by atoms with E-state index in [0.29, 0.717) is 6.42 Å². The van der Waals surface area contributed by atoms with Gasteiger partial charge in [-0.2, -0.15) is 13.2 Å². The fraction of sp³-hybridized carbons (Fsp3) is 0.727. The van der Waals surface area contributed by atoms with Gasteiger partial charge in [-0.25, -0.2) is 4.79 Å². The molecule has 0 fully saturated rings. The van der Waals surface area contributed by atoms with Crippen LogP contribution in [-0.2, 0) is 9.59 Å². The van der Waals surface area contributed by atoms with Crippen molar-refractivity contribution in [3.05, 3.63) is 0 Å². The van der Waals surface area contributed by atoms with Gasteiger partial charge in [-0.15, -0.1) is 12.4 Å². The van der Waals surface area contributed by atoms with Crippen LogP contribution in [0.4, 0.5) is 18.0 Å². The number of aliphatic carboxylic acids is 1. The highest BCUT2D eigenvalue weighted by molar-refractivity contribution is 5.97. The Morgan fingerprint density at radius 1 is 1.23 bits per heavy atom. The van der Waals surface area contributed by atoms with Crippen molar-refractivity contribution in [1.82, 2.24) is 16.0 Å². The predicted molar refractivity (Wildman–Crippen MR) is 73.8 cm³/mol. The molecule has 3 amide bonds. The average Bonchev–Trinajstić information content (AvgIpc) is 2.34. The molecule has 130 valence electrons. The number of amides is 3. The van der Waals surface area contributed by atoms with Crippen LogP contribution < -0.4 is 16.0 Å². The minimum absolute atomic E-state index is 0. The van der Waals surface area contributed by atoms with E-state index in [1.807, 2.05) is 0 Å². The lowest BCUT2D eigenvalue weighted by Crippen LogP contribution is -2.53. The minimum atomic E-state index is -4.58. The van der Waals surface area contributed by atoms with Crippen molar-refractivity contribution in [1.29, 1.82) is 0 Å². The van der Waals surface area contributed by atoms with Gasteiger partial charge in [-0.3, -0.25) is 20.2 Å². The monoisotopic (exact) mass is 349 g/mol. The highest BCUT2D eigenvalue weighted by Gasteiger charge is 2.28. The van der Waals surface area contributed by atoms with Gasteiger partial charge in [-0.05, 0) is 13.3 Å². The fourth-order valence-electron chi connectivity index (χ4n) is 1.39. The van der Waals surface area contributed by atoms with Crippen molar-refractivity contribution in [2.24, 2.45) is 0 Å². The van der Waals surface area contributed by atoms with Gasteiger partial charge in [0.1, 0.15) is 12.6 Å². The van der Waals surface area contributed by atoms with Crippen LogP contribution in [0.1, 0.15) is 26.7 Å². The highest BCUT2D eigenvalue weighted by atomic mass is 35.5. The Labute approximate surface area is 131 Å². The first-order valence-corrected chi connectivity index (χ1v) is 6.21. The van der Waals surface area contributed by atoms with Crippen LogP contribution in [0.2, 0.25) is 0 Å². The second kappa shape index (κ2) is 10.2. The van der Waals surface area contributed by atoms with E-state index in [2.05, 4.69) is 5.32 Å². The summed E-state index contributed by atoms with van der Waals surface area (Å²) in [5, 5.41) is 14.5. The molecule has 7 nitrogen and oxygen atoms in total. The third kappa shape index (κ3) is 10.2. The van der Waals surface area contributed by atoms with Crippen LogP contribution in [0.15, 0.2) is 0 Å². The number of halogens is 4. The molecule has 0 aromatic carbocycles. The van der Waals surface area contributed by atoms with E-state index in [1.165, 1.54) is 12.2 Å². The van der Waals surface area contributed by atoms with E-state index in [0.717, 1.165) is 0 Å². The molecule has 0 spiro atoms. The summed E-state index contributed by atoms with van der Waals surface area (Å²) in [6.45, 7) is 1.49. The van der Waals surface area contributed by atoms with Crippen molar-refractivity contribution < 1.29 is 32.7 Å². The quantitative estimate of drug-likeness (QED) is 0.549. The van der Waals surface area contributed by atoms with E-state index in [1.54, 1.807) is 12.2 Å². The zero-order valence-electron chi connectivity index (χ0n) is 12.0. The molecule has 0 aliphatic rings. The number of urea groups is 1. The minimum Gasteiger partial charge on any atom is -0.480 e. The number of carboxylic acids is 1. The summed E-state index contributed by atoms with van der Waals surface area (Å²) in [4.78, 5) is 33.5. The second-order valence-electron chi connectivity index (χ2n) is 4.35. The Morgan fingerprint density at radius 2 is 1.77 bits per heavy atom. The summed E-state index contributed by atoms with van der Waals surface area (Å²) >= 11 is 0. The van der Waals surface area contributed by atoms with Crippen LogP contribution in [0.25, 0.3) is 0 Å². The number of hydrogen-bond acceptors (Lipinski definition) is 4. The normalized spacial score (nSPS) is 13.5. The van der Waals surface area contributed by atoms with Crippen LogP contribution >= 0.6 is 12.4 Å². The number of carbonyl (C=O) groups excluding carboxylic acids is 2. The maximum absolute atomic E-state index is 11.9. The molecule has 0 aromatic rings. The van der Waals surface area contributed by atoms with E-state index >= 15 is 0 Å². The number of hydrogen-bond donors (Lipinski definition) is 4. The number of nitrogens with one attached hydrogen (secondary N) is 3. The van der Waals surface area contributed by atoms with Crippen LogP contribution in [0.3, 0.4) is 0 Å². The van der Waals surface area contributed by atoms with Gasteiger partial charge in [0.2, 0.25) is 5.91 Å². The molecule has 0 rings (SSSR count). The number of alkyl halides is 3. The van der Waals surface area contributed by atoms with E-state index in [9.17, 15) is 27.6 Å². The van der Waals surface area contributed by atoms with Gasteiger partial charge in [0, 0.05) is 0 Å². The summed E-state index contributed by atoms with van der Waals surface area (Å²) in [7, 11) is 0. The first-order valence-electron chi connectivity index (χ1n) is 6.21. The van der Waals surface area contributed by atoms with Gasteiger partial charge in [0.05, 0.1) is 6.04 Å². The summed E-state index contributed by atoms with van der Waals surface area (Å²) in [5.41, 5.74) is 0. The lowest BCUT2D eigenvalue weighted by molar-refractivity contribution is -0.140. The van der Waals surface area contributed by atoms with Crippen molar-refractivity contribution in [3.63, 3.8) is 0 Å². The Kier molecular flexibility index (Phi) is 10.6. The number of rotatable bonds is 7. The molecule has 0 bridgehead atoms. The summed E-state index contributed by atoms with van der Waals surface area (Å²) in [6.07, 6.45) is -3.75. The first-order chi connectivity index (χ1) is 9.56. The molecule has 11 heteroatoms. The van der Waals surface area contributed by atoms with E-state index in [4.69, 9.17) is 5.11 Å². The third-order valence-corrected chi connectivity index (χ3v) is 2.41. The number of carbonyl (C=O) groups is 3. The largest absolute Gasteiger partial charge is 0.480 e. The Hall–Kier alpha value is -1.55. The third-order valence-electron chi connectivity index (χ3n) is 2.41. The topological polar surface area (TPSA) is 108 Å². The van der Waals surface area contributed by atoms with Gasteiger partial charge >= 0.3 is 18.2 Å². The van der Waals surface area contributed by atoms with Gasteiger partial charge in [0.15, 0.2) is 0 Å². The predicted octanol–water partition coefficient (Wildman–Crippen LogP) is 1.03. The Morgan fingerprint density at radius 3 is 2.18 bits per heavy atom. The molecule has 0 heterocycles. The van der Waals surface area contributed by atoms with Crippen LogP contribution in [0.5, 0.6) is 0 Å². The fourth-order valence-corrected chi connectivity index (χ4v) is 1.39.